The molecule has 3 aliphatic rings. The first-order valence-electron chi connectivity index (χ1n) is 11.4. The fourth-order valence-electron chi connectivity index (χ4n) is 5.54. The second kappa shape index (κ2) is 6.80. The molecule has 0 amide bonds. The highest BCUT2D eigenvalue weighted by molar-refractivity contribution is 5.73. The van der Waals surface area contributed by atoms with Crippen molar-refractivity contribution in [3.05, 3.63) is 78.0 Å². The van der Waals surface area contributed by atoms with Crippen LogP contribution in [0.25, 0.3) is 33.2 Å². The predicted molar refractivity (Wildman–Crippen MR) is 128 cm³/mol. The standard InChI is InChI=1S/C26H23N7/c1-27-21-4-2-18(3-5-21)19-11-24-25-30-29-17-33(25)23-7-6-22(10-20(23)13-32(24)12-19)31-9-8-26(16-31)14-28-15-26/h2-7,10-12,17,28H,8-9,13-16H2. The lowest BCUT2D eigenvalue weighted by atomic mass is 9.81. The summed E-state index contributed by atoms with van der Waals surface area (Å²) in [5.41, 5.74) is 8.11. The fourth-order valence-corrected chi connectivity index (χ4v) is 5.54. The monoisotopic (exact) mass is 433 g/mol. The van der Waals surface area contributed by atoms with Crippen molar-refractivity contribution in [1.29, 1.82) is 0 Å². The minimum absolute atomic E-state index is 0.472. The molecule has 2 aromatic heterocycles. The van der Waals surface area contributed by atoms with Crippen LogP contribution in [0.2, 0.25) is 0 Å². The molecule has 162 valence electrons. The van der Waals surface area contributed by atoms with E-state index in [4.69, 9.17) is 6.57 Å². The van der Waals surface area contributed by atoms with Crippen LogP contribution in [-0.2, 0) is 6.54 Å². The Balaban J connectivity index is 1.29. The summed E-state index contributed by atoms with van der Waals surface area (Å²) < 4.78 is 4.38. The van der Waals surface area contributed by atoms with Crippen LogP contribution in [0.3, 0.4) is 0 Å². The van der Waals surface area contributed by atoms with Crippen LogP contribution >= 0.6 is 0 Å². The van der Waals surface area contributed by atoms with E-state index in [1.165, 1.54) is 17.7 Å². The topological polar surface area (TPSA) is 55.3 Å². The van der Waals surface area contributed by atoms with E-state index in [1.54, 1.807) is 0 Å². The first-order chi connectivity index (χ1) is 16.2. The summed E-state index contributed by atoms with van der Waals surface area (Å²) in [6, 6.07) is 16.8. The molecule has 1 N–H and O–H groups in total. The van der Waals surface area contributed by atoms with Crippen LogP contribution in [0.4, 0.5) is 11.4 Å². The number of nitrogens with one attached hydrogen (secondary N) is 1. The summed E-state index contributed by atoms with van der Waals surface area (Å²) in [5.74, 6) is 0.853. The molecule has 33 heavy (non-hydrogen) atoms. The molecule has 0 bridgehead atoms. The Hall–Kier alpha value is -3.89. The van der Waals surface area contributed by atoms with Gasteiger partial charge in [0.15, 0.2) is 11.5 Å². The Morgan fingerprint density at radius 3 is 2.67 bits per heavy atom. The van der Waals surface area contributed by atoms with E-state index in [-0.39, 0.29) is 0 Å². The Bertz CT molecular complexity index is 1420. The Morgan fingerprint density at radius 1 is 1.03 bits per heavy atom. The van der Waals surface area contributed by atoms with Gasteiger partial charge in [0.2, 0.25) is 0 Å². The highest BCUT2D eigenvalue weighted by Crippen LogP contribution is 2.39. The first-order valence-corrected chi connectivity index (χ1v) is 11.4. The van der Waals surface area contributed by atoms with Crippen LogP contribution in [0, 0.1) is 12.0 Å². The van der Waals surface area contributed by atoms with Crippen molar-refractivity contribution >= 4 is 11.4 Å². The average Bonchev–Trinajstić information content (AvgIpc) is 3.56. The Kier molecular flexibility index (Phi) is 3.85. The maximum atomic E-state index is 7.19. The zero-order chi connectivity index (χ0) is 22.0. The van der Waals surface area contributed by atoms with Crippen molar-refractivity contribution in [2.45, 2.75) is 13.0 Å². The first kappa shape index (κ1) is 18.7. The molecule has 7 heteroatoms. The maximum absolute atomic E-state index is 7.19. The number of fused-ring (bicyclic) bond motifs is 5. The van der Waals surface area contributed by atoms with Gasteiger partial charge in [0.1, 0.15) is 6.33 Å². The smallest absolute Gasteiger partial charge is 0.187 e. The zero-order valence-electron chi connectivity index (χ0n) is 18.2. The van der Waals surface area contributed by atoms with E-state index < -0.39 is 0 Å². The second-order valence-corrected chi connectivity index (χ2v) is 9.51. The lowest BCUT2D eigenvalue weighted by molar-refractivity contribution is 0.200. The second-order valence-electron chi connectivity index (χ2n) is 9.51. The highest BCUT2D eigenvalue weighted by Gasteiger charge is 2.43. The van der Waals surface area contributed by atoms with Crippen LogP contribution in [-0.4, -0.2) is 45.5 Å². The minimum atomic E-state index is 0.472. The summed E-state index contributed by atoms with van der Waals surface area (Å²) in [6.45, 7) is 12.5. The summed E-state index contributed by atoms with van der Waals surface area (Å²) >= 11 is 0. The molecule has 0 atom stereocenters. The van der Waals surface area contributed by atoms with Gasteiger partial charge in [-0.05, 0) is 41.8 Å². The van der Waals surface area contributed by atoms with Crippen molar-refractivity contribution < 1.29 is 0 Å². The van der Waals surface area contributed by atoms with Gasteiger partial charge in [0.05, 0.1) is 18.0 Å². The van der Waals surface area contributed by atoms with Crippen LogP contribution in [0.1, 0.15) is 12.0 Å². The van der Waals surface area contributed by atoms with Gasteiger partial charge < -0.3 is 14.8 Å². The van der Waals surface area contributed by atoms with Crippen molar-refractivity contribution in [3.8, 4) is 28.3 Å². The van der Waals surface area contributed by atoms with Gasteiger partial charge in [-0.15, -0.1) is 10.2 Å². The summed E-state index contributed by atoms with van der Waals surface area (Å²) in [4.78, 5) is 6.05. The van der Waals surface area contributed by atoms with E-state index in [2.05, 4.69) is 64.9 Å². The van der Waals surface area contributed by atoms with Gasteiger partial charge in [0, 0.05) is 55.6 Å². The van der Waals surface area contributed by atoms with Crippen LogP contribution in [0.15, 0.2) is 61.1 Å². The van der Waals surface area contributed by atoms with E-state index >= 15 is 0 Å². The molecule has 2 aromatic carbocycles. The van der Waals surface area contributed by atoms with Crippen molar-refractivity contribution in [2.75, 3.05) is 31.1 Å². The van der Waals surface area contributed by atoms with Gasteiger partial charge in [0.25, 0.3) is 0 Å². The molecule has 0 aliphatic carbocycles. The molecule has 2 saturated heterocycles. The molecular formula is C26H23N7. The number of rotatable bonds is 2. The van der Waals surface area contributed by atoms with Crippen molar-refractivity contribution in [1.82, 2.24) is 24.6 Å². The SMILES string of the molecule is [C-]#[N+]c1ccc(-c2cc3n(c2)Cc2cc(N4CCC5(CNC5)C4)ccc2-n2cnnc2-3)cc1. The summed E-state index contributed by atoms with van der Waals surface area (Å²) in [7, 11) is 0. The Morgan fingerprint density at radius 2 is 1.91 bits per heavy atom. The third kappa shape index (κ3) is 2.84. The molecule has 0 unspecified atom stereocenters. The molecule has 7 nitrogen and oxygen atoms in total. The van der Waals surface area contributed by atoms with E-state index in [1.807, 2.05) is 30.6 Å². The third-order valence-electron chi connectivity index (χ3n) is 7.47. The van der Waals surface area contributed by atoms with Crippen LogP contribution in [0.5, 0.6) is 0 Å². The molecule has 5 heterocycles. The van der Waals surface area contributed by atoms with Gasteiger partial charge in [-0.3, -0.25) is 4.57 Å². The van der Waals surface area contributed by atoms with Gasteiger partial charge in [-0.1, -0.05) is 24.3 Å². The van der Waals surface area contributed by atoms with E-state index in [0.717, 1.165) is 61.1 Å². The van der Waals surface area contributed by atoms with Crippen LogP contribution < -0.4 is 10.2 Å². The molecule has 7 rings (SSSR count). The van der Waals surface area contributed by atoms with E-state index in [0.29, 0.717) is 11.1 Å². The average molecular weight is 434 g/mol. The number of aromatic nitrogens is 4. The highest BCUT2D eigenvalue weighted by atomic mass is 15.3. The van der Waals surface area contributed by atoms with Crippen molar-refractivity contribution in [3.63, 3.8) is 0 Å². The van der Waals surface area contributed by atoms with Crippen molar-refractivity contribution in [2.24, 2.45) is 5.41 Å². The third-order valence-corrected chi connectivity index (χ3v) is 7.47. The summed E-state index contributed by atoms with van der Waals surface area (Å²) in [6.07, 6.45) is 5.27. The Labute approximate surface area is 192 Å². The number of hydrogen-bond donors (Lipinski definition) is 1. The molecule has 0 radical (unpaired) electrons. The number of nitrogens with zero attached hydrogens (tertiary/aromatic N) is 6. The molecule has 2 fully saturated rings. The lowest BCUT2D eigenvalue weighted by Crippen LogP contribution is -2.54. The number of anilines is 1. The zero-order valence-corrected chi connectivity index (χ0v) is 18.2. The largest absolute Gasteiger partial charge is 0.371 e. The lowest BCUT2D eigenvalue weighted by Gasteiger charge is -2.39. The van der Waals surface area contributed by atoms with Gasteiger partial charge in [-0.2, -0.15) is 0 Å². The normalized spacial score (nSPS) is 17.6. The number of benzene rings is 2. The minimum Gasteiger partial charge on any atom is -0.371 e. The molecule has 0 saturated carbocycles. The van der Waals surface area contributed by atoms with E-state index in [9.17, 15) is 0 Å². The summed E-state index contributed by atoms with van der Waals surface area (Å²) in [5, 5.41) is 12.2. The fraction of sp³-hybridized carbons (Fsp3) is 0.269. The van der Waals surface area contributed by atoms with Gasteiger partial charge >= 0.3 is 0 Å². The molecule has 4 aromatic rings. The molecule has 1 spiro atoms. The predicted octanol–water partition coefficient (Wildman–Crippen LogP) is 4.11. The maximum Gasteiger partial charge on any atom is 0.187 e. The quantitative estimate of drug-likeness (QED) is 0.426. The van der Waals surface area contributed by atoms with Gasteiger partial charge in [-0.25, -0.2) is 4.85 Å². The molecular weight excluding hydrogens is 410 g/mol. The number of hydrogen-bond acceptors (Lipinski definition) is 4. The molecule has 3 aliphatic heterocycles.